The van der Waals surface area contributed by atoms with E-state index >= 15 is 0 Å². The summed E-state index contributed by atoms with van der Waals surface area (Å²) >= 11 is 0. The number of aliphatic hydroxyl groups excluding tert-OH is 1. The Bertz CT molecular complexity index is 909. The van der Waals surface area contributed by atoms with Gasteiger partial charge in [-0.3, -0.25) is 9.59 Å². The van der Waals surface area contributed by atoms with Crippen molar-refractivity contribution in [1.82, 2.24) is 10.6 Å². The van der Waals surface area contributed by atoms with E-state index in [-0.39, 0.29) is 0 Å². The van der Waals surface area contributed by atoms with Gasteiger partial charge < -0.3 is 15.7 Å². The average molecular weight is 348 g/mol. The average Bonchev–Trinajstić information content (AvgIpc) is 2.70. The molecule has 0 fully saturated rings. The Kier molecular flexibility index (Phi) is 5.61. The van der Waals surface area contributed by atoms with Gasteiger partial charge in [0, 0.05) is 12.1 Å². The quantitative estimate of drug-likeness (QED) is 0.639. The summed E-state index contributed by atoms with van der Waals surface area (Å²) in [5.74, 6) is -0.824. The van der Waals surface area contributed by atoms with Gasteiger partial charge in [-0.2, -0.15) is 0 Å². The predicted octanol–water partition coefficient (Wildman–Crippen LogP) is 2.25. The molecule has 0 bridgehead atoms. The maximum atomic E-state index is 12.4. The summed E-state index contributed by atoms with van der Waals surface area (Å²) in [6.45, 7) is -0.137. The van der Waals surface area contributed by atoms with Crippen molar-refractivity contribution >= 4 is 22.6 Å². The minimum absolute atomic E-state index is 0.335. The summed E-state index contributed by atoms with van der Waals surface area (Å²) in [5.41, 5.74) is 1.39. The van der Waals surface area contributed by atoms with Crippen LogP contribution >= 0.6 is 0 Å². The minimum Gasteiger partial charge on any atom is -0.394 e. The summed E-state index contributed by atoms with van der Waals surface area (Å²) in [5, 5.41) is 16.8. The van der Waals surface area contributed by atoms with Crippen molar-refractivity contribution in [2.24, 2.45) is 0 Å². The van der Waals surface area contributed by atoms with Gasteiger partial charge in [-0.15, -0.1) is 0 Å². The highest BCUT2D eigenvalue weighted by atomic mass is 16.3. The zero-order valence-corrected chi connectivity index (χ0v) is 14.2. The van der Waals surface area contributed by atoms with Crippen LogP contribution < -0.4 is 10.6 Å². The maximum Gasteiger partial charge on any atom is 0.252 e. The molecule has 0 spiro atoms. The molecule has 3 aromatic carbocycles. The van der Waals surface area contributed by atoms with Crippen molar-refractivity contribution in [3.63, 3.8) is 0 Å². The lowest BCUT2D eigenvalue weighted by molar-refractivity contribution is -0.124. The van der Waals surface area contributed by atoms with Gasteiger partial charge >= 0.3 is 0 Å². The summed E-state index contributed by atoms with van der Waals surface area (Å²) in [6, 6.07) is 21.5. The van der Waals surface area contributed by atoms with E-state index in [1.54, 1.807) is 12.1 Å². The highest BCUT2D eigenvalue weighted by Gasteiger charge is 2.20. The molecule has 3 N–H and O–H groups in total. The van der Waals surface area contributed by atoms with E-state index in [1.807, 2.05) is 60.7 Å². The zero-order chi connectivity index (χ0) is 18.4. The molecule has 2 amide bonds. The molecule has 1 atom stereocenters. The normalized spacial score (nSPS) is 11.7. The van der Waals surface area contributed by atoms with E-state index in [9.17, 15) is 14.7 Å². The lowest BCUT2D eigenvalue weighted by atomic mass is 10.1. The first-order chi connectivity index (χ1) is 12.7. The van der Waals surface area contributed by atoms with Gasteiger partial charge in [0.15, 0.2) is 0 Å². The number of nitrogens with one attached hydrogen (secondary N) is 2. The van der Waals surface area contributed by atoms with Gasteiger partial charge in [-0.25, -0.2) is 0 Å². The molecule has 0 radical (unpaired) electrons. The van der Waals surface area contributed by atoms with Gasteiger partial charge in [0.1, 0.15) is 6.04 Å². The van der Waals surface area contributed by atoms with Crippen LogP contribution in [-0.2, 0) is 11.3 Å². The lowest BCUT2D eigenvalue weighted by Gasteiger charge is -2.16. The largest absolute Gasteiger partial charge is 0.394 e. The second-order valence-corrected chi connectivity index (χ2v) is 5.97. The van der Waals surface area contributed by atoms with E-state index in [2.05, 4.69) is 10.6 Å². The Labute approximate surface area is 151 Å². The third-order valence-corrected chi connectivity index (χ3v) is 4.13. The van der Waals surface area contributed by atoms with Crippen molar-refractivity contribution in [2.75, 3.05) is 6.61 Å². The Hall–Kier alpha value is -3.18. The number of benzene rings is 3. The summed E-state index contributed by atoms with van der Waals surface area (Å²) in [6.07, 6.45) is 0. The molecule has 0 unspecified atom stereocenters. The van der Waals surface area contributed by atoms with Crippen molar-refractivity contribution in [2.45, 2.75) is 12.6 Å². The highest BCUT2D eigenvalue weighted by Crippen LogP contribution is 2.15. The molecule has 0 aliphatic carbocycles. The van der Waals surface area contributed by atoms with Crippen molar-refractivity contribution < 1.29 is 14.7 Å². The van der Waals surface area contributed by atoms with Crippen molar-refractivity contribution in [3.8, 4) is 0 Å². The third-order valence-electron chi connectivity index (χ3n) is 4.13. The molecule has 0 saturated heterocycles. The van der Waals surface area contributed by atoms with E-state index < -0.39 is 24.5 Å². The SMILES string of the molecule is O=C(N[C@@H](CO)C(=O)NCc1ccccc1)c1ccc2ccccc2c1. The molecule has 3 aromatic rings. The molecular weight excluding hydrogens is 328 g/mol. The number of carbonyl (C=O) groups excluding carboxylic acids is 2. The number of carbonyl (C=O) groups is 2. The number of aliphatic hydroxyl groups is 1. The van der Waals surface area contributed by atoms with E-state index in [0.29, 0.717) is 12.1 Å². The van der Waals surface area contributed by atoms with E-state index in [1.165, 1.54) is 0 Å². The number of amides is 2. The molecule has 132 valence electrons. The van der Waals surface area contributed by atoms with Crippen LogP contribution in [0.1, 0.15) is 15.9 Å². The van der Waals surface area contributed by atoms with E-state index in [0.717, 1.165) is 16.3 Å². The maximum absolute atomic E-state index is 12.4. The number of fused-ring (bicyclic) bond motifs is 1. The van der Waals surface area contributed by atoms with Crippen LogP contribution in [0.3, 0.4) is 0 Å². The smallest absolute Gasteiger partial charge is 0.252 e. The molecule has 5 nitrogen and oxygen atoms in total. The van der Waals surface area contributed by atoms with Gasteiger partial charge in [-0.05, 0) is 28.5 Å². The predicted molar refractivity (Wildman–Crippen MR) is 101 cm³/mol. The zero-order valence-electron chi connectivity index (χ0n) is 14.2. The van der Waals surface area contributed by atoms with Gasteiger partial charge in [0.2, 0.25) is 5.91 Å². The Balaban J connectivity index is 1.64. The third kappa shape index (κ3) is 4.26. The second kappa shape index (κ2) is 8.27. The summed E-state index contributed by atoms with van der Waals surface area (Å²) in [7, 11) is 0. The first-order valence-corrected chi connectivity index (χ1v) is 8.39. The monoisotopic (exact) mass is 348 g/mol. The van der Waals surface area contributed by atoms with Crippen molar-refractivity contribution in [3.05, 3.63) is 83.9 Å². The van der Waals surface area contributed by atoms with E-state index in [4.69, 9.17) is 0 Å². The van der Waals surface area contributed by atoms with Crippen LogP contribution in [0.15, 0.2) is 72.8 Å². The summed E-state index contributed by atoms with van der Waals surface area (Å²) in [4.78, 5) is 24.7. The molecule has 5 heteroatoms. The van der Waals surface area contributed by atoms with Gasteiger partial charge in [0.05, 0.1) is 6.61 Å². The molecule has 0 aliphatic heterocycles. The Morgan fingerprint density at radius 2 is 1.58 bits per heavy atom. The molecule has 0 saturated carbocycles. The van der Waals surface area contributed by atoms with Crippen molar-refractivity contribution in [1.29, 1.82) is 0 Å². The van der Waals surface area contributed by atoms with Crippen LogP contribution in [0.25, 0.3) is 10.8 Å². The van der Waals surface area contributed by atoms with Crippen LogP contribution in [0.4, 0.5) is 0 Å². The number of rotatable bonds is 6. The summed E-state index contributed by atoms with van der Waals surface area (Å²) < 4.78 is 0. The fraction of sp³-hybridized carbons (Fsp3) is 0.143. The molecule has 0 aromatic heterocycles. The first-order valence-electron chi connectivity index (χ1n) is 8.39. The van der Waals surface area contributed by atoms with Crippen LogP contribution in [-0.4, -0.2) is 29.6 Å². The minimum atomic E-state index is -1.00. The van der Waals surface area contributed by atoms with Crippen LogP contribution in [0.2, 0.25) is 0 Å². The lowest BCUT2D eigenvalue weighted by Crippen LogP contribution is -2.48. The van der Waals surface area contributed by atoms with Crippen LogP contribution in [0.5, 0.6) is 0 Å². The molecule has 3 rings (SSSR count). The topological polar surface area (TPSA) is 78.4 Å². The fourth-order valence-electron chi connectivity index (χ4n) is 2.67. The van der Waals surface area contributed by atoms with Gasteiger partial charge in [-0.1, -0.05) is 60.7 Å². The first kappa shape index (κ1) is 17.6. The number of hydrogen-bond acceptors (Lipinski definition) is 3. The Morgan fingerprint density at radius 1 is 0.885 bits per heavy atom. The molecule has 26 heavy (non-hydrogen) atoms. The standard InChI is InChI=1S/C21H20N2O3/c24-14-19(21(26)22-13-15-6-2-1-3-7-15)23-20(25)18-11-10-16-8-4-5-9-17(16)12-18/h1-12,19,24H,13-14H2,(H,22,26)(H,23,25)/t19-/m0/s1. The fourth-order valence-corrected chi connectivity index (χ4v) is 2.67. The highest BCUT2D eigenvalue weighted by molar-refractivity contribution is 6.00. The van der Waals surface area contributed by atoms with Crippen LogP contribution in [0, 0.1) is 0 Å². The molecular formula is C21H20N2O3. The van der Waals surface area contributed by atoms with Gasteiger partial charge in [0.25, 0.3) is 5.91 Å². The Morgan fingerprint density at radius 3 is 2.31 bits per heavy atom. The number of hydrogen-bond donors (Lipinski definition) is 3. The molecule has 0 aliphatic rings. The second-order valence-electron chi connectivity index (χ2n) is 5.97. The molecule has 0 heterocycles.